The van der Waals surface area contributed by atoms with Gasteiger partial charge in [-0.05, 0) is 129 Å². The van der Waals surface area contributed by atoms with Crippen LogP contribution in [0.4, 0.5) is 17.1 Å². The summed E-state index contributed by atoms with van der Waals surface area (Å²) in [4.78, 5) is 2.38. The van der Waals surface area contributed by atoms with Gasteiger partial charge in [0.25, 0.3) is 0 Å². The largest absolute Gasteiger partial charge is 0.456 e. The van der Waals surface area contributed by atoms with Crippen molar-refractivity contribution in [3.63, 3.8) is 0 Å². The highest BCUT2D eigenvalue weighted by atomic mass is 16.3. The van der Waals surface area contributed by atoms with E-state index in [1.54, 1.807) is 0 Å². The summed E-state index contributed by atoms with van der Waals surface area (Å²) < 4.78 is 8.85. The zero-order valence-corrected chi connectivity index (χ0v) is 34.4. The molecule has 63 heavy (non-hydrogen) atoms. The van der Waals surface area contributed by atoms with Gasteiger partial charge in [-0.15, -0.1) is 0 Å². The average Bonchev–Trinajstić information content (AvgIpc) is 3.90. The Morgan fingerprint density at radius 2 is 0.730 bits per heavy atom. The molecular formula is C60H40N2O. The van der Waals surface area contributed by atoms with E-state index in [1.165, 1.54) is 44.1 Å². The third kappa shape index (κ3) is 6.55. The maximum absolute atomic E-state index is 6.46. The van der Waals surface area contributed by atoms with Crippen LogP contribution in [-0.4, -0.2) is 4.57 Å². The van der Waals surface area contributed by atoms with E-state index in [9.17, 15) is 0 Å². The van der Waals surface area contributed by atoms with Gasteiger partial charge >= 0.3 is 0 Å². The normalized spacial score (nSPS) is 11.5. The van der Waals surface area contributed by atoms with Gasteiger partial charge in [0.15, 0.2) is 0 Å². The van der Waals surface area contributed by atoms with Gasteiger partial charge in [0.1, 0.15) is 11.2 Å². The molecule has 0 bridgehead atoms. The number of para-hydroxylation sites is 3. The van der Waals surface area contributed by atoms with E-state index in [4.69, 9.17) is 4.42 Å². The molecule has 10 aromatic carbocycles. The Bertz CT molecular complexity index is 3500. The smallest absolute Gasteiger partial charge is 0.136 e. The fourth-order valence-electron chi connectivity index (χ4n) is 9.30. The van der Waals surface area contributed by atoms with E-state index in [1.807, 2.05) is 12.1 Å². The number of nitrogens with zero attached hydrogens (tertiary/aromatic N) is 2. The molecule has 2 aromatic heterocycles. The minimum absolute atomic E-state index is 0.874. The second kappa shape index (κ2) is 15.3. The van der Waals surface area contributed by atoms with Crippen LogP contribution in [-0.2, 0) is 0 Å². The molecule has 0 aliphatic carbocycles. The monoisotopic (exact) mass is 804 g/mol. The summed E-state index contributed by atoms with van der Waals surface area (Å²) in [5.74, 6) is 0. The molecule has 0 fully saturated rings. The lowest BCUT2D eigenvalue weighted by molar-refractivity contribution is 0.669. The summed E-state index contributed by atoms with van der Waals surface area (Å²) in [5, 5.41) is 4.70. The quantitative estimate of drug-likeness (QED) is 0.153. The predicted molar refractivity (Wildman–Crippen MR) is 264 cm³/mol. The van der Waals surface area contributed by atoms with E-state index < -0.39 is 0 Å². The van der Waals surface area contributed by atoms with Gasteiger partial charge < -0.3 is 13.9 Å². The Labute approximate surface area is 366 Å². The van der Waals surface area contributed by atoms with Gasteiger partial charge in [0.2, 0.25) is 0 Å². The molecule has 0 atom stereocenters. The lowest BCUT2D eigenvalue weighted by atomic mass is 9.95. The summed E-state index contributed by atoms with van der Waals surface area (Å²) in [6.45, 7) is 0. The molecule has 12 aromatic rings. The zero-order chi connectivity index (χ0) is 41.7. The molecule has 12 rings (SSSR count). The fraction of sp³-hybridized carbons (Fsp3) is 0. The maximum atomic E-state index is 6.46. The van der Waals surface area contributed by atoms with Crippen molar-refractivity contribution in [2.45, 2.75) is 0 Å². The van der Waals surface area contributed by atoms with Gasteiger partial charge in [0.05, 0.1) is 11.0 Å². The molecule has 0 aliphatic heterocycles. The Morgan fingerprint density at radius 1 is 0.270 bits per heavy atom. The summed E-state index contributed by atoms with van der Waals surface area (Å²) in [6, 6.07) is 87.3. The Kier molecular flexibility index (Phi) is 8.83. The number of fused-ring (bicyclic) bond motifs is 6. The van der Waals surface area contributed by atoms with Crippen LogP contribution in [0, 0.1) is 0 Å². The molecule has 0 aliphatic rings. The first kappa shape index (κ1) is 36.5. The number of anilines is 3. The van der Waals surface area contributed by atoms with Crippen molar-refractivity contribution in [3.05, 3.63) is 243 Å². The average molecular weight is 805 g/mol. The maximum Gasteiger partial charge on any atom is 0.136 e. The van der Waals surface area contributed by atoms with E-state index in [0.29, 0.717) is 0 Å². The van der Waals surface area contributed by atoms with E-state index >= 15 is 0 Å². The number of furan rings is 1. The van der Waals surface area contributed by atoms with Crippen molar-refractivity contribution < 1.29 is 4.42 Å². The highest BCUT2D eigenvalue weighted by Crippen LogP contribution is 2.43. The molecule has 0 radical (unpaired) electrons. The number of rotatable bonds is 8. The SMILES string of the molecule is c1ccc(-c2ccc(N(c3ccc(-c4ccccc4)cc3)c3cc(-c4ccc5c(c4)oc4ccccc45)cc(-c4ccc5c6ccccc6n(-c6ccccc6)c5c4)c3)cc2)cc1. The molecule has 0 saturated heterocycles. The Hall–Kier alpha value is -8.40. The molecule has 0 spiro atoms. The molecule has 2 heterocycles. The second-order valence-corrected chi connectivity index (χ2v) is 16.2. The first-order valence-electron chi connectivity index (χ1n) is 21.5. The highest BCUT2D eigenvalue weighted by Gasteiger charge is 2.19. The summed E-state index contributed by atoms with van der Waals surface area (Å²) in [6.07, 6.45) is 0. The lowest BCUT2D eigenvalue weighted by Gasteiger charge is -2.27. The first-order valence-corrected chi connectivity index (χ1v) is 21.5. The Morgan fingerprint density at radius 3 is 1.37 bits per heavy atom. The number of aromatic nitrogens is 1. The highest BCUT2D eigenvalue weighted by molar-refractivity contribution is 6.10. The van der Waals surface area contributed by atoms with Crippen LogP contribution in [0.15, 0.2) is 247 Å². The summed E-state index contributed by atoms with van der Waals surface area (Å²) >= 11 is 0. The third-order valence-electron chi connectivity index (χ3n) is 12.4. The Balaban J connectivity index is 1.08. The van der Waals surface area contributed by atoms with Gasteiger partial charge in [-0.1, -0.05) is 158 Å². The van der Waals surface area contributed by atoms with Crippen LogP contribution in [0.5, 0.6) is 0 Å². The molecule has 296 valence electrons. The van der Waals surface area contributed by atoms with Crippen molar-refractivity contribution in [2.24, 2.45) is 0 Å². The topological polar surface area (TPSA) is 21.3 Å². The van der Waals surface area contributed by atoms with Gasteiger partial charge in [0, 0.05) is 44.3 Å². The molecule has 0 N–H and O–H groups in total. The zero-order valence-electron chi connectivity index (χ0n) is 34.4. The van der Waals surface area contributed by atoms with Crippen LogP contribution < -0.4 is 4.90 Å². The van der Waals surface area contributed by atoms with Crippen LogP contribution in [0.1, 0.15) is 0 Å². The third-order valence-corrected chi connectivity index (χ3v) is 12.4. The van der Waals surface area contributed by atoms with Gasteiger partial charge in [-0.3, -0.25) is 0 Å². The predicted octanol–water partition coefficient (Wildman–Crippen LogP) is 16.8. The first-order chi connectivity index (χ1) is 31.2. The number of benzene rings is 10. The van der Waals surface area contributed by atoms with Crippen molar-refractivity contribution in [1.29, 1.82) is 0 Å². The van der Waals surface area contributed by atoms with Crippen LogP contribution in [0.2, 0.25) is 0 Å². The van der Waals surface area contributed by atoms with E-state index in [0.717, 1.165) is 66.9 Å². The van der Waals surface area contributed by atoms with Crippen molar-refractivity contribution in [1.82, 2.24) is 4.57 Å². The molecule has 3 nitrogen and oxygen atoms in total. The van der Waals surface area contributed by atoms with Crippen LogP contribution in [0.3, 0.4) is 0 Å². The standard InChI is InChI=1S/C60H40N2O/c1-4-14-41(15-5-1)43-24-30-50(31-25-43)61(51-32-26-44(27-33-51)42-16-6-2-7-17-42)52-37-47(36-48(38-52)46-29-35-56-55-21-11-13-23-59(55)63-60(56)40-46)45-28-34-54-53-20-10-12-22-57(53)62(58(54)39-45)49-18-8-3-9-19-49/h1-40H. The molecule has 3 heteroatoms. The molecule has 0 amide bonds. The van der Waals surface area contributed by atoms with Crippen LogP contribution in [0.25, 0.3) is 93.9 Å². The number of hydrogen-bond acceptors (Lipinski definition) is 2. The van der Waals surface area contributed by atoms with Crippen molar-refractivity contribution in [2.75, 3.05) is 4.90 Å². The molecule has 0 saturated carbocycles. The molecule has 0 unspecified atom stereocenters. The van der Waals surface area contributed by atoms with Gasteiger partial charge in [-0.25, -0.2) is 0 Å². The summed E-state index contributed by atoms with van der Waals surface area (Å²) in [5.41, 5.74) is 17.6. The van der Waals surface area contributed by atoms with Crippen LogP contribution >= 0.6 is 0 Å². The number of hydrogen-bond donors (Lipinski definition) is 0. The lowest BCUT2D eigenvalue weighted by Crippen LogP contribution is -2.10. The minimum atomic E-state index is 0.874. The second-order valence-electron chi connectivity index (χ2n) is 16.2. The summed E-state index contributed by atoms with van der Waals surface area (Å²) in [7, 11) is 0. The molecular weight excluding hydrogens is 765 g/mol. The van der Waals surface area contributed by atoms with Crippen molar-refractivity contribution in [3.8, 4) is 50.2 Å². The minimum Gasteiger partial charge on any atom is -0.456 e. The van der Waals surface area contributed by atoms with E-state index in [2.05, 4.69) is 240 Å². The van der Waals surface area contributed by atoms with Gasteiger partial charge in [-0.2, -0.15) is 0 Å². The fourth-order valence-corrected chi connectivity index (χ4v) is 9.30. The van der Waals surface area contributed by atoms with E-state index in [-0.39, 0.29) is 0 Å². The van der Waals surface area contributed by atoms with Crippen molar-refractivity contribution >= 4 is 60.8 Å².